The zero-order valence-corrected chi connectivity index (χ0v) is 14.7. The molecular formula is C19H25NO5. The lowest BCUT2D eigenvalue weighted by molar-refractivity contribution is -0.141. The lowest BCUT2D eigenvalue weighted by atomic mass is 10.00. The summed E-state index contributed by atoms with van der Waals surface area (Å²) in [6, 6.07) is 5.67. The van der Waals surface area contributed by atoms with Gasteiger partial charge in [-0.15, -0.1) is 0 Å². The van der Waals surface area contributed by atoms with Gasteiger partial charge < -0.3 is 19.5 Å². The maximum absolute atomic E-state index is 13.0. The van der Waals surface area contributed by atoms with Gasteiger partial charge >= 0.3 is 5.97 Å². The molecule has 0 bridgehead atoms. The van der Waals surface area contributed by atoms with Gasteiger partial charge in [0.05, 0.1) is 26.2 Å². The van der Waals surface area contributed by atoms with Crippen molar-refractivity contribution in [1.82, 2.24) is 4.90 Å². The van der Waals surface area contributed by atoms with Gasteiger partial charge in [0.25, 0.3) is 0 Å². The van der Waals surface area contributed by atoms with E-state index >= 15 is 0 Å². The largest absolute Gasteiger partial charge is 0.497 e. The molecule has 2 fully saturated rings. The third-order valence-corrected chi connectivity index (χ3v) is 5.47. The number of nitrogens with zero attached hydrogens (tertiary/aromatic N) is 1. The fraction of sp³-hybridized carbons (Fsp3) is 0.579. The zero-order chi connectivity index (χ0) is 18.0. The van der Waals surface area contributed by atoms with Gasteiger partial charge in [-0.05, 0) is 44.2 Å². The molecule has 0 radical (unpaired) electrons. The molecule has 1 aromatic rings. The van der Waals surface area contributed by atoms with Crippen molar-refractivity contribution in [3.8, 4) is 11.5 Å². The average molecular weight is 347 g/mol. The summed E-state index contributed by atoms with van der Waals surface area (Å²) in [5.74, 6) is 0.182. The number of carboxylic acids is 1. The van der Waals surface area contributed by atoms with E-state index < -0.39 is 5.97 Å². The number of carboxylic acid groups (broad SMARTS) is 1. The Morgan fingerprint density at radius 1 is 1.12 bits per heavy atom. The Morgan fingerprint density at radius 2 is 1.88 bits per heavy atom. The minimum absolute atomic E-state index is 0.0164. The van der Waals surface area contributed by atoms with Crippen LogP contribution in [0.4, 0.5) is 0 Å². The summed E-state index contributed by atoms with van der Waals surface area (Å²) >= 11 is 0. The molecule has 1 amide bonds. The molecule has 25 heavy (non-hydrogen) atoms. The van der Waals surface area contributed by atoms with E-state index in [9.17, 15) is 14.7 Å². The van der Waals surface area contributed by atoms with Crippen LogP contribution < -0.4 is 9.47 Å². The molecule has 6 nitrogen and oxygen atoms in total. The molecule has 136 valence electrons. The number of carbonyl (C=O) groups is 2. The van der Waals surface area contributed by atoms with Crippen molar-refractivity contribution < 1.29 is 24.2 Å². The van der Waals surface area contributed by atoms with Crippen molar-refractivity contribution in [2.45, 2.75) is 38.1 Å². The Bertz CT molecular complexity index is 659. The first-order valence-corrected chi connectivity index (χ1v) is 8.80. The number of amides is 1. The number of hydrogen-bond donors (Lipinski definition) is 1. The maximum atomic E-state index is 13.0. The highest BCUT2D eigenvalue weighted by Crippen LogP contribution is 2.41. The predicted octanol–water partition coefficient (Wildman–Crippen LogP) is 2.87. The molecule has 3 rings (SSSR count). The fourth-order valence-corrected chi connectivity index (χ4v) is 4.11. The molecular weight excluding hydrogens is 322 g/mol. The Hall–Kier alpha value is -2.24. The first kappa shape index (κ1) is 17.6. The first-order valence-electron chi connectivity index (χ1n) is 8.80. The van der Waals surface area contributed by atoms with Crippen LogP contribution in [0.1, 0.15) is 43.7 Å². The monoisotopic (exact) mass is 347 g/mol. The Morgan fingerprint density at radius 3 is 2.52 bits per heavy atom. The highest BCUT2D eigenvalue weighted by molar-refractivity contribution is 5.81. The van der Waals surface area contributed by atoms with Crippen molar-refractivity contribution in [3.05, 3.63) is 23.8 Å². The van der Waals surface area contributed by atoms with Crippen LogP contribution >= 0.6 is 0 Å². The highest BCUT2D eigenvalue weighted by atomic mass is 16.5. The summed E-state index contributed by atoms with van der Waals surface area (Å²) in [6.07, 6.45) is 3.55. The van der Waals surface area contributed by atoms with Crippen LogP contribution in [0.25, 0.3) is 0 Å². The molecule has 6 heteroatoms. The van der Waals surface area contributed by atoms with Crippen LogP contribution in [-0.2, 0) is 9.59 Å². The lowest BCUT2D eigenvalue weighted by Crippen LogP contribution is -2.35. The van der Waals surface area contributed by atoms with Gasteiger partial charge in [-0.3, -0.25) is 9.59 Å². The predicted molar refractivity (Wildman–Crippen MR) is 91.7 cm³/mol. The lowest BCUT2D eigenvalue weighted by Gasteiger charge is -2.29. The van der Waals surface area contributed by atoms with Crippen LogP contribution in [0.2, 0.25) is 0 Å². The number of rotatable bonds is 5. The van der Waals surface area contributed by atoms with E-state index in [-0.39, 0.29) is 23.8 Å². The Balaban J connectivity index is 1.79. The minimum Gasteiger partial charge on any atom is -0.497 e. The summed E-state index contributed by atoms with van der Waals surface area (Å²) in [4.78, 5) is 26.1. The maximum Gasteiger partial charge on any atom is 0.306 e. The van der Waals surface area contributed by atoms with Gasteiger partial charge in [0.15, 0.2) is 0 Å². The van der Waals surface area contributed by atoms with Crippen LogP contribution in [0.3, 0.4) is 0 Å². The number of methoxy groups -OCH3 is 2. The summed E-state index contributed by atoms with van der Waals surface area (Å²) in [5, 5.41) is 9.17. The van der Waals surface area contributed by atoms with Crippen molar-refractivity contribution in [1.29, 1.82) is 0 Å². The summed E-state index contributed by atoms with van der Waals surface area (Å²) < 4.78 is 10.8. The summed E-state index contributed by atoms with van der Waals surface area (Å²) in [5.41, 5.74) is 0.988. The van der Waals surface area contributed by atoms with Gasteiger partial charge in [0.1, 0.15) is 11.5 Å². The average Bonchev–Trinajstić information content (AvgIpc) is 3.30. The molecule has 2 aliphatic rings. The molecule has 1 aliphatic heterocycles. The van der Waals surface area contributed by atoms with E-state index in [2.05, 4.69) is 0 Å². The Labute approximate surface area is 147 Å². The second-order valence-corrected chi connectivity index (χ2v) is 6.84. The van der Waals surface area contributed by atoms with Crippen molar-refractivity contribution in [2.24, 2.45) is 11.8 Å². The van der Waals surface area contributed by atoms with E-state index in [1.165, 1.54) is 0 Å². The van der Waals surface area contributed by atoms with Gasteiger partial charge in [-0.2, -0.15) is 0 Å². The number of carbonyl (C=O) groups excluding carboxylic acids is 1. The SMILES string of the molecule is COc1ccc(C2CCCN2C(=O)[C@@H]2CC[C@H](C(=O)O)C2)c(OC)c1. The Kier molecular flexibility index (Phi) is 5.16. The topological polar surface area (TPSA) is 76.1 Å². The third-order valence-electron chi connectivity index (χ3n) is 5.47. The second-order valence-electron chi connectivity index (χ2n) is 6.84. The number of aliphatic carboxylic acids is 1. The zero-order valence-electron chi connectivity index (χ0n) is 14.7. The van der Waals surface area contributed by atoms with Gasteiger partial charge in [0, 0.05) is 24.1 Å². The smallest absolute Gasteiger partial charge is 0.306 e. The van der Waals surface area contributed by atoms with E-state index in [4.69, 9.17) is 9.47 Å². The number of likely N-dealkylation sites (tertiary alicyclic amines) is 1. The van der Waals surface area contributed by atoms with Crippen molar-refractivity contribution in [3.63, 3.8) is 0 Å². The molecule has 1 N–H and O–H groups in total. The van der Waals surface area contributed by atoms with E-state index in [1.54, 1.807) is 14.2 Å². The summed E-state index contributed by atoms with van der Waals surface area (Å²) in [7, 11) is 3.23. The first-order chi connectivity index (χ1) is 12.0. The van der Waals surface area contributed by atoms with E-state index in [0.717, 1.165) is 29.9 Å². The molecule has 1 heterocycles. The second kappa shape index (κ2) is 7.33. The van der Waals surface area contributed by atoms with Gasteiger partial charge in [-0.25, -0.2) is 0 Å². The molecule has 1 aliphatic carbocycles. The molecule has 1 aromatic carbocycles. The quantitative estimate of drug-likeness (QED) is 0.886. The molecule has 1 saturated heterocycles. The van der Waals surface area contributed by atoms with Gasteiger partial charge in [0.2, 0.25) is 5.91 Å². The standard InChI is InChI=1S/C19H25NO5/c1-24-14-7-8-15(17(11-14)25-2)16-4-3-9-20(16)18(21)12-5-6-13(10-12)19(22)23/h7-8,11-13,16H,3-6,9-10H2,1-2H3,(H,22,23)/t12-,13+,16?/m1/s1. The molecule has 0 spiro atoms. The van der Waals surface area contributed by atoms with E-state index in [0.29, 0.717) is 25.8 Å². The molecule has 1 unspecified atom stereocenters. The van der Waals surface area contributed by atoms with Gasteiger partial charge in [-0.1, -0.05) is 0 Å². The van der Waals surface area contributed by atoms with Crippen molar-refractivity contribution in [2.75, 3.05) is 20.8 Å². The van der Waals surface area contributed by atoms with Crippen molar-refractivity contribution >= 4 is 11.9 Å². The minimum atomic E-state index is -0.787. The number of ether oxygens (including phenoxy) is 2. The van der Waals surface area contributed by atoms with Crippen LogP contribution in [0, 0.1) is 11.8 Å². The van der Waals surface area contributed by atoms with E-state index in [1.807, 2.05) is 23.1 Å². The molecule has 1 saturated carbocycles. The van der Waals surface area contributed by atoms with Crippen LogP contribution in [0.15, 0.2) is 18.2 Å². The number of benzene rings is 1. The number of hydrogen-bond acceptors (Lipinski definition) is 4. The van der Waals surface area contributed by atoms with Crippen LogP contribution in [-0.4, -0.2) is 42.6 Å². The highest BCUT2D eigenvalue weighted by Gasteiger charge is 2.40. The summed E-state index contributed by atoms with van der Waals surface area (Å²) in [6.45, 7) is 0.715. The third kappa shape index (κ3) is 3.43. The fourth-order valence-electron chi connectivity index (χ4n) is 4.11. The molecule has 0 aromatic heterocycles. The van der Waals surface area contributed by atoms with Crippen LogP contribution in [0.5, 0.6) is 11.5 Å². The molecule has 3 atom stereocenters. The normalized spacial score (nSPS) is 25.8.